The van der Waals surface area contributed by atoms with Gasteiger partial charge < -0.3 is 27.9 Å². The van der Waals surface area contributed by atoms with Gasteiger partial charge in [-0.05, 0) is 12.8 Å². The molecule has 0 aromatic heterocycles. The van der Waals surface area contributed by atoms with E-state index in [1.807, 2.05) is 21.1 Å². The van der Waals surface area contributed by atoms with E-state index in [0.29, 0.717) is 24.1 Å². The van der Waals surface area contributed by atoms with E-state index >= 15 is 0 Å². The SMILES string of the molecule is CCCCCCCCCCCCCCCCCCCCCCCCCCCCCCCCCCCCCCC(=O)O[C@H](COCCCCCCCCCCCCCCCCCCCC)COP(=O)([O-])OCC[N+](C)(C)C. The molecule has 0 aromatic rings. The summed E-state index contributed by atoms with van der Waals surface area (Å²) >= 11 is 0. The van der Waals surface area contributed by atoms with E-state index in [1.165, 1.54) is 315 Å². The lowest BCUT2D eigenvalue weighted by atomic mass is 10.0. The fourth-order valence-electron chi connectivity index (χ4n) is 10.7. The molecule has 1 unspecified atom stereocenters. The molecule has 0 N–H and O–H groups in total. The summed E-state index contributed by atoms with van der Waals surface area (Å²) < 4.78 is 35.0. The van der Waals surface area contributed by atoms with Crippen molar-refractivity contribution < 1.29 is 37.3 Å². The van der Waals surface area contributed by atoms with Gasteiger partial charge in [-0.2, -0.15) is 0 Å². The maximum Gasteiger partial charge on any atom is 0.306 e. The average molecular weight is 1100 g/mol. The summed E-state index contributed by atoms with van der Waals surface area (Å²) in [5, 5.41) is 0. The topological polar surface area (TPSA) is 94.1 Å². The molecule has 0 fully saturated rings. The van der Waals surface area contributed by atoms with Crippen molar-refractivity contribution in [1.82, 2.24) is 0 Å². The molecule has 0 aliphatic carbocycles. The van der Waals surface area contributed by atoms with E-state index in [9.17, 15) is 14.3 Å². The molecular formula is C67H136NO7P. The normalized spacial score (nSPS) is 13.2. The monoisotopic (exact) mass is 1100 g/mol. The molecule has 0 radical (unpaired) electrons. The number of hydrogen-bond acceptors (Lipinski definition) is 7. The van der Waals surface area contributed by atoms with Gasteiger partial charge in [-0.25, -0.2) is 0 Å². The first kappa shape index (κ1) is 75.5. The van der Waals surface area contributed by atoms with Crippen molar-refractivity contribution in [2.45, 2.75) is 373 Å². The van der Waals surface area contributed by atoms with Crippen LogP contribution in [0.2, 0.25) is 0 Å². The van der Waals surface area contributed by atoms with Crippen LogP contribution in [0, 0.1) is 0 Å². The first-order chi connectivity index (χ1) is 37.1. The number of carbonyl (C=O) groups excluding carboxylic acids is 1. The number of likely N-dealkylation sites (N-methyl/N-ethyl adjacent to an activating group) is 1. The third kappa shape index (κ3) is 64.3. The second-order valence-electron chi connectivity index (χ2n) is 24.9. The summed E-state index contributed by atoms with van der Waals surface area (Å²) in [6.07, 6.45) is 73.4. The lowest BCUT2D eigenvalue weighted by Gasteiger charge is -2.28. The van der Waals surface area contributed by atoms with Crippen molar-refractivity contribution in [3.63, 3.8) is 0 Å². The molecule has 0 aliphatic rings. The van der Waals surface area contributed by atoms with E-state index in [4.69, 9.17) is 18.5 Å². The minimum Gasteiger partial charge on any atom is -0.756 e. The number of esters is 1. The summed E-state index contributed by atoms with van der Waals surface area (Å²) in [5.41, 5.74) is 0. The van der Waals surface area contributed by atoms with E-state index in [1.54, 1.807) is 0 Å². The van der Waals surface area contributed by atoms with Crippen LogP contribution in [0.4, 0.5) is 0 Å². The molecule has 9 heteroatoms. The van der Waals surface area contributed by atoms with Crippen molar-refractivity contribution in [3.05, 3.63) is 0 Å². The molecule has 0 aliphatic heterocycles. The maximum atomic E-state index is 12.8. The van der Waals surface area contributed by atoms with E-state index in [0.717, 1.165) is 32.1 Å². The van der Waals surface area contributed by atoms with Gasteiger partial charge >= 0.3 is 5.97 Å². The highest BCUT2D eigenvalue weighted by molar-refractivity contribution is 7.45. The molecule has 0 rings (SSSR count). The van der Waals surface area contributed by atoms with Crippen molar-refractivity contribution in [3.8, 4) is 0 Å². The van der Waals surface area contributed by atoms with Crippen molar-refractivity contribution in [2.24, 2.45) is 0 Å². The Hall–Kier alpha value is -0.500. The molecule has 0 saturated heterocycles. The molecule has 8 nitrogen and oxygen atoms in total. The highest BCUT2D eigenvalue weighted by atomic mass is 31.2. The van der Waals surface area contributed by atoms with Gasteiger partial charge in [0.2, 0.25) is 0 Å². The predicted molar refractivity (Wildman–Crippen MR) is 328 cm³/mol. The molecule has 2 atom stereocenters. The van der Waals surface area contributed by atoms with Gasteiger partial charge in [0.15, 0.2) is 0 Å². The number of hydrogen-bond donors (Lipinski definition) is 0. The Morgan fingerprint density at radius 3 is 0.868 bits per heavy atom. The van der Waals surface area contributed by atoms with Gasteiger partial charge in [-0.3, -0.25) is 9.36 Å². The third-order valence-electron chi connectivity index (χ3n) is 15.9. The van der Waals surface area contributed by atoms with Crippen LogP contribution in [0.1, 0.15) is 367 Å². The predicted octanol–water partition coefficient (Wildman–Crippen LogP) is 21.6. The number of ether oxygens (including phenoxy) is 2. The Kier molecular flexibility index (Phi) is 60.2. The van der Waals surface area contributed by atoms with E-state index < -0.39 is 13.9 Å². The third-order valence-corrected chi connectivity index (χ3v) is 16.9. The van der Waals surface area contributed by atoms with Crippen LogP contribution < -0.4 is 4.89 Å². The highest BCUT2D eigenvalue weighted by Gasteiger charge is 2.20. The lowest BCUT2D eigenvalue weighted by molar-refractivity contribution is -0.870. The van der Waals surface area contributed by atoms with Crippen molar-refractivity contribution >= 4 is 13.8 Å². The van der Waals surface area contributed by atoms with Gasteiger partial charge in [0.25, 0.3) is 7.82 Å². The van der Waals surface area contributed by atoms with Gasteiger partial charge in [-0.15, -0.1) is 0 Å². The molecule has 0 saturated carbocycles. The first-order valence-corrected chi connectivity index (χ1v) is 35.7. The fraction of sp³-hybridized carbons (Fsp3) is 0.985. The maximum absolute atomic E-state index is 12.8. The zero-order valence-corrected chi connectivity index (χ0v) is 53.2. The number of nitrogens with zero attached hydrogens (tertiary/aromatic N) is 1. The molecule has 0 heterocycles. The summed E-state index contributed by atoms with van der Waals surface area (Å²) in [7, 11) is 1.39. The van der Waals surface area contributed by atoms with Crippen LogP contribution in [0.3, 0.4) is 0 Å². The molecular weight excluding hydrogens is 962 g/mol. The first-order valence-electron chi connectivity index (χ1n) is 34.3. The standard InChI is InChI=1S/C67H136NO7P/c1-6-8-10-12-14-16-18-20-22-24-26-27-28-29-30-31-32-33-34-35-36-37-38-39-40-41-42-43-44-46-48-50-52-54-56-58-60-67(69)75-66(65-74-76(70,71)73-63-61-68(3,4)5)64-72-62-59-57-55-53-51-49-47-45-25-23-21-19-17-15-13-11-9-7-2/h66H,6-65H2,1-5H3/t66-/m1/s1. The second kappa shape index (κ2) is 60.6. The Balaban J connectivity index is 3.82. The quantitative estimate of drug-likeness (QED) is 0.0259. The van der Waals surface area contributed by atoms with Crippen LogP contribution >= 0.6 is 7.82 Å². The summed E-state index contributed by atoms with van der Waals surface area (Å²) in [4.78, 5) is 25.3. The van der Waals surface area contributed by atoms with Crippen LogP contribution in [-0.2, 0) is 27.9 Å². The van der Waals surface area contributed by atoms with E-state index in [-0.39, 0.29) is 25.8 Å². The lowest BCUT2D eigenvalue weighted by Crippen LogP contribution is -2.37. The van der Waals surface area contributed by atoms with Crippen molar-refractivity contribution in [1.29, 1.82) is 0 Å². The number of phosphoric ester groups is 1. The van der Waals surface area contributed by atoms with Gasteiger partial charge in [0.05, 0.1) is 34.4 Å². The number of phosphoric acid groups is 1. The zero-order chi connectivity index (χ0) is 55.4. The van der Waals surface area contributed by atoms with Gasteiger partial charge in [0.1, 0.15) is 19.3 Å². The van der Waals surface area contributed by atoms with Crippen molar-refractivity contribution in [2.75, 3.05) is 54.1 Å². The summed E-state index contributed by atoms with van der Waals surface area (Å²) in [5.74, 6) is -0.321. The van der Waals surface area contributed by atoms with Crippen LogP contribution in [0.5, 0.6) is 0 Å². The molecule has 0 aromatic carbocycles. The minimum atomic E-state index is -4.53. The molecule has 76 heavy (non-hydrogen) atoms. The zero-order valence-electron chi connectivity index (χ0n) is 52.3. The summed E-state index contributed by atoms with van der Waals surface area (Å²) in [6.45, 7) is 5.52. The van der Waals surface area contributed by atoms with Gasteiger partial charge in [0, 0.05) is 13.0 Å². The number of quaternary nitrogens is 1. The van der Waals surface area contributed by atoms with Crippen LogP contribution in [-0.4, -0.2) is 70.7 Å². The van der Waals surface area contributed by atoms with Gasteiger partial charge in [-0.1, -0.05) is 348 Å². The Bertz CT molecular complexity index is 1180. The second-order valence-corrected chi connectivity index (χ2v) is 26.3. The average Bonchev–Trinajstić information content (AvgIpc) is 3.39. The van der Waals surface area contributed by atoms with Crippen LogP contribution in [0.15, 0.2) is 0 Å². The Morgan fingerprint density at radius 2 is 0.605 bits per heavy atom. The number of rotatable bonds is 66. The van der Waals surface area contributed by atoms with E-state index in [2.05, 4.69) is 13.8 Å². The number of unbranched alkanes of at least 4 members (excludes halogenated alkanes) is 52. The Labute approximate surface area is 476 Å². The fourth-order valence-corrected chi connectivity index (χ4v) is 11.4. The largest absolute Gasteiger partial charge is 0.756 e. The molecule has 0 spiro atoms. The minimum absolute atomic E-state index is 0.0321. The highest BCUT2D eigenvalue weighted by Crippen LogP contribution is 2.38. The number of carbonyl (C=O) groups is 1. The Morgan fingerprint density at radius 1 is 0.355 bits per heavy atom. The smallest absolute Gasteiger partial charge is 0.306 e. The molecule has 0 bridgehead atoms. The molecule has 456 valence electrons. The summed E-state index contributed by atoms with van der Waals surface area (Å²) in [6, 6.07) is 0. The molecule has 0 amide bonds. The van der Waals surface area contributed by atoms with Crippen LogP contribution in [0.25, 0.3) is 0 Å².